The molecule has 0 atom stereocenters. The molecule has 0 rings (SSSR count). The summed E-state index contributed by atoms with van der Waals surface area (Å²) >= 11 is 0. The molecule has 3 nitrogen and oxygen atoms in total. The average Bonchev–Trinajstić information content (AvgIpc) is 1.89. The molecule has 0 aromatic heterocycles. The van der Waals surface area contributed by atoms with E-state index in [1.54, 1.807) is 13.0 Å². The summed E-state index contributed by atoms with van der Waals surface area (Å²) in [6.45, 7) is 2.18. The highest BCUT2D eigenvalue weighted by Gasteiger charge is 1.88. The predicted octanol–water partition coefficient (Wildman–Crippen LogP) is 0.457. The van der Waals surface area contributed by atoms with Crippen molar-refractivity contribution in [1.82, 2.24) is 0 Å². The third-order valence-electron chi connectivity index (χ3n) is 0.819. The van der Waals surface area contributed by atoms with Crippen molar-refractivity contribution in [3.8, 4) is 0 Å². The maximum Gasteiger partial charge on any atom is 0.114 e. The van der Waals surface area contributed by atoms with Crippen LogP contribution in [-0.4, -0.2) is 30.0 Å². The zero-order valence-electron chi connectivity index (χ0n) is 5.50. The molecule has 0 heterocycles. The highest BCUT2D eigenvalue weighted by atomic mass is 16.5. The smallest absolute Gasteiger partial charge is 0.114 e. The van der Waals surface area contributed by atoms with Gasteiger partial charge in [0.15, 0.2) is 0 Å². The lowest BCUT2D eigenvalue weighted by atomic mass is 10.5. The second-order valence-corrected chi connectivity index (χ2v) is 1.56. The van der Waals surface area contributed by atoms with E-state index in [1.807, 2.05) is 0 Å². The van der Waals surface area contributed by atoms with Crippen molar-refractivity contribution in [2.75, 3.05) is 19.8 Å². The van der Waals surface area contributed by atoms with Gasteiger partial charge in [0, 0.05) is 0 Å². The van der Waals surface area contributed by atoms with Crippen LogP contribution in [0.15, 0.2) is 11.8 Å². The van der Waals surface area contributed by atoms with E-state index in [4.69, 9.17) is 14.9 Å². The van der Waals surface area contributed by atoms with Crippen molar-refractivity contribution in [2.45, 2.75) is 6.92 Å². The van der Waals surface area contributed by atoms with E-state index in [0.29, 0.717) is 0 Å². The summed E-state index contributed by atoms with van der Waals surface area (Å²) in [5, 5.41) is 17.0. The topological polar surface area (TPSA) is 49.7 Å². The van der Waals surface area contributed by atoms with Crippen molar-refractivity contribution in [2.24, 2.45) is 0 Å². The minimum absolute atomic E-state index is 0.00298. The SMILES string of the molecule is CC=C(O)COCCO. The Hall–Kier alpha value is -0.540. The second kappa shape index (κ2) is 5.59. The molecule has 0 saturated heterocycles. The molecular weight excluding hydrogens is 120 g/mol. The van der Waals surface area contributed by atoms with Crippen LogP contribution in [-0.2, 0) is 4.74 Å². The van der Waals surface area contributed by atoms with E-state index in [0.717, 1.165) is 0 Å². The molecule has 3 heteroatoms. The van der Waals surface area contributed by atoms with E-state index in [2.05, 4.69) is 0 Å². The zero-order chi connectivity index (χ0) is 7.11. The molecule has 54 valence electrons. The largest absolute Gasteiger partial charge is 0.510 e. The van der Waals surface area contributed by atoms with Gasteiger partial charge in [0.2, 0.25) is 0 Å². The van der Waals surface area contributed by atoms with Gasteiger partial charge < -0.3 is 14.9 Å². The molecule has 0 unspecified atom stereocenters. The quantitative estimate of drug-likeness (QED) is 0.431. The maximum absolute atomic E-state index is 8.74. The van der Waals surface area contributed by atoms with E-state index in [-0.39, 0.29) is 25.6 Å². The van der Waals surface area contributed by atoms with Gasteiger partial charge in [-0.3, -0.25) is 0 Å². The molecule has 0 spiro atoms. The number of ether oxygens (including phenoxy) is 1. The standard InChI is InChI=1S/C6H12O3/c1-2-6(8)5-9-4-3-7/h2,7-8H,3-5H2,1H3. The minimum atomic E-state index is -0.00298. The zero-order valence-corrected chi connectivity index (χ0v) is 5.50. The fourth-order valence-corrected chi connectivity index (χ4v) is 0.325. The minimum Gasteiger partial charge on any atom is -0.510 e. The number of aliphatic hydroxyl groups is 2. The highest BCUT2D eigenvalue weighted by molar-refractivity contribution is 4.86. The molecule has 0 bridgehead atoms. The Morgan fingerprint density at radius 1 is 1.67 bits per heavy atom. The van der Waals surface area contributed by atoms with Crippen LogP contribution in [0.25, 0.3) is 0 Å². The van der Waals surface area contributed by atoms with Gasteiger partial charge in [-0.05, 0) is 13.0 Å². The van der Waals surface area contributed by atoms with E-state index >= 15 is 0 Å². The van der Waals surface area contributed by atoms with Crippen LogP contribution in [0.1, 0.15) is 6.92 Å². The van der Waals surface area contributed by atoms with Crippen LogP contribution >= 0.6 is 0 Å². The molecule has 2 N–H and O–H groups in total. The van der Waals surface area contributed by atoms with Crippen molar-refractivity contribution in [1.29, 1.82) is 0 Å². The molecule has 0 amide bonds. The first kappa shape index (κ1) is 8.46. The number of hydrogen-bond acceptors (Lipinski definition) is 3. The van der Waals surface area contributed by atoms with Crippen LogP contribution in [0, 0.1) is 0 Å². The number of rotatable bonds is 4. The fourth-order valence-electron chi connectivity index (χ4n) is 0.325. The van der Waals surface area contributed by atoms with Crippen LogP contribution < -0.4 is 0 Å². The summed E-state index contributed by atoms with van der Waals surface area (Å²) in [6.07, 6.45) is 1.55. The van der Waals surface area contributed by atoms with Gasteiger partial charge in [0.1, 0.15) is 12.4 Å². The van der Waals surface area contributed by atoms with Gasteiger partial charge in [0.25, 0.3) is 0 Å². The molecule has 0 aliphatic heterocycles. The first-order valence-corrected chi connectivity index (χ1v) is 2.84. The lowest BCUT2D eigenvalue weighted by molar-refractivity contribution is 0.0899. The van der Waals surface area contributed by atoms with Crippen molar-refractivity contribution in [3.05, 3.63) is 11.8 Å². The molecule has 0 aliphatic carbocycles. The van der Waals surface area contributed by atoms with Gasteiger partial charge in [0.05, 0.1) is 13.2 Å². The third-order valence-corrected chi connectivity index (χ3v) is 0.819. The molecule has 0 fully saturated rings. The van der Waals surface area contributed by atoms with Crippen LogP contribution in [0.4, 0.5) is 0 Å². The van der Waals surface area contributed by atoms with Crippen LogP contribution in [0.2, 0.25) is 0 Å². The van der Waals surface area contributed by atoms with Gasteiger partial charge in [-0.25, -0.2) is 0 Å². The number of allylic oxidation sites excluding steroid dienone is 1. The summed E-state index contributed by atoms with van der Waals surface area (Å²) in [4.78, 5) is 0. The second-order valence-electron chi connectivity index (χ2n) is 1.56. The Morgan fingerprint density at radius 2 is 2.33 bits per heavy atom. The Kier molecular flexibility index (Phi) is 5.26. The van der Waals surface area contributed by atoms with Crippen molar-refractivity contribution >= 4 is 0 Å². The first-order valence-electron chi connectivity index (χ1n) is 2.84. The fraction of sp³-hybridized carbons (Fsp3) is 0.667. The number of aliphatic hydroxyl groups excluding tert-OH is 2. The van der Waals surface area contributed by atoms with E-state index in [1.165, 1.54) is 0 Å². The monoisotopic (exact) mass is 132 g/mol. The molecule has 0 saturated carbocycles. The average molecular weight is 132 g/mol. The van der Waals surface area contributed by atoms with Crippen molar-refractivity contribution in [3.63, 3.8) is 0 Å². The van der Waals surface area contributed by atoms with Crippen LogP contribution in [0.3, 0.4) is 0 Å². The van der Waals surface area contributed by atoms with Gasteiger partial charge in [-0.15, -0.1) is 0 Å². The Bertz CT molecular complexity index is 88.3. The first-order chi connectivity index (χ1) is 4.31. The molecular formula is C6H12O3. The maximum atomic E-state index is 8.74. The highest BCUT2D eigenvalue weighted by Crippen LogP contribution is 1.87. The lowest BCUT2D eigenvalue weighted by Gasteiger charge is -1.98. The van der Waals surface area contributed by atoms with Gasteiger partial charge >= 0.3 is 0 Å². The Morgan fingerprint density at radius 3 is 2.78 bits per heavy atom. The van der Waals surface area contributed by atoms with E-state index < -0.39 is 0 Å². The Labute approximate surface area is 54.6 Å². The summed E-state index contributed by atoms with van der Waals surface area (Å²) in [5.74, 6) is 0.198. The lowest BCUT2D eigenvalue weighted by Crippen LogP contribution is -2.02. The summed E-state index contributed by atoms with van der Waals surface area (Å²) in [5.41, 5.74) is 0. The molecule has 0 aromatic rings. The van der Waals surface area contributed by atoms with Crippen LogP contribution in [0.5, 0.6) is 0 Å². The van der Waals surface area contributed by atoms with Gasteiger partial charge in [-0.2, -0.15) is 0 Å². The third kappa shape index (κ3) is 5.33. The molecule has 0 aliphatic rings. The Balaban J connectivity index is 3.07. The predicted molar refractivity (Wildman–Crippen MR) is 34.3 cm³/mol. The van der Waals surface area contributed by atoms with Crippen molar-refractivity contribution < 1.29 is 14.9 Å². The normalized spacial score (nSPS) is 12.0. The number of hydrogen-bond donors (Lipinski definition) is 2. The summed E-state index contributed by atoms with van der Waals surface area (Å²) in [6, 6.07) is 0. The van der Waals surface area contributed by atoms with Gasteiger partial charge in [-0.1, -0.05) is 0 Å². The molecule has 0 radical (unpaired) electrons. The molecule has 9 heavy (non-hydrogen) atoms. The summed E-state index contributed by atoms with van der Waals surface area (Å²) in [7, 11) is 0. The molecule has 0 aromatic carbocycles. The van der Waals surface area contributed by atoms with E-state index in [9.17, 15) is 0 Å². The summed E-state index contributed by atoms with van der Waals surface area (Å²) < 4.78 is 4.77.